The maximum absolute atomic E-state index is 13.3. The zero-order chi connectivity index (χ0) is 22.5. The van der Waals surface area contributed by atoms with Crippen molar-refractivity contribution in [3.63, 3.8) is 0 Å². The van der Waals surface area contributed by atoms with Gasteiger partial charge in [0, 0.05) is 37.9 Å². The topological polar surface area (TPSA) is 42.4 Å². The Morgan fingerprint density at radius 3 is 2.37 bits per heavy atom. The van der Waals surface area contributed by atoms with Gasteiger partial charge >= 0.3 is 0 Å². The molecule has 1 amide bonds. The molecule has 2 unspecified atom stereocenters. The summed E-state index contributed by atoms with van der Waals surface area (Å²) in [6, 6.07) is 0.173. The zero-order valence-corrected chi connectivity index (χ0v) is 21.4. The molecule has 0 aliphatic rings. The van der Waals surface area contributed by atoms with Gasteiger partial charge in [-0.3, -0.25) is 4.79 Å². The van der Waals surface area contributed by atoms with Crippen LogP contribution < -0.4 is 0 Å². The van der Waals surface area contributed by atoms with Crippen LogP contribution in [0.5, 0.6) is 0 Å². The lowest BCUT2D eigenvalue weighted by molar-refractivity contribution is -0.136. The summed E-state index contributed by atoms with van der Waals surface area (Å²) in [6.45, 7) is 14.0. The Labute approximate surface area is 189 Å². The molecule has 5 heteroatoms. The molecule has 0 saturated heterocycles. The number of hydrogen-bond donors (Lipinski definition) is 0. The minimum absolute atomic E-state index is 0.0540. The van der Waals surface area contributed by atoms with E-state index in [9.17, 15) is 4.79 Å². The van der Waals surface area contributed by atoms with Gasteiger partial charge in [0.1, 0.15) is 11.1 Å². The van der Waals surface area contributed by atoms with Crippen LogP contribution in [-0.4, -0.2) is 35.5 Å². The van der Waals surface area contributed by atoms with Gasteiger partial charge in [-0.05, 0) is 24.7 Å². The van der Waals surface area contributed by atoms with E-state index in [2.05, 4.69) is 51.8 Å². The molecule has 4 nitrogen and oxygen atoms in total. The van der Waals surface area contributed by atoms with Gasteiger partial charge < -0.3 is 9.64 Å². The summed E-state index contributed by atoms with van der Waals surface area (Å²) in [6.07, 6.45) is 9.46. The Balaban J connectivity index is 2.97. The third kappa shape index (κ3) is 9.05. The number of ether oxygens (including phenoxy) is 1. The maximum Gasteiger partial charge on any atom is 0.223 e. The zero-order valence-electron chi connectivity index (χ0n) is 20.6. The third-order valence-electron chi connectivity index (χ3n) is 6.16. The second-order valence-electron chi connectivity index (χ2n) is 9.02. The minimum Gasteiger partial charge on any atom is -0.374 e. The molecular formula is C25H46N2O2S. The molecule has 0 saturated carbocycles. The molecular weight excluding hydrogens is 392 g/mol. The fourth-order valence-electron chi connectivity index (χ4n) is 3.83. The van der Waals surface area contributed by atoms with E-state index in [1.165, 1.54) is 25.7 Å². The Hall–Kier alpha value is -0.940. The molecule has 1 heterocycles. The number of carbonyl (C=O) groups is 1. The highest BCUT2D eigenvalue weighted by Crippen LogP contribution is 2.31. The van der Waals surface area contributed by atoms with Crippen molar-refractivity contribution in [3.8, 4) is 0 Å². The van der Waals surface area contributed by atoms with E-state index in [4.69, 9.17) is 9.72 Å². The summed E-state index contributed by atoms with van der Waals surface area (Å²) in [5, 5.41) is 3.17. The number of hydrogen-bond acceptors (Lipinski definition) is 4. The first-order valence-corrected chi connectivity index (χ1v) is 13.0. The highest BCUT2D eigenvalue weighted by atomic mass is 32.1. The number of amides is 1. The van der Waals surface area contributed by atoms with Crippen molar-refractivity contribution in [1.82, 2.24) is 9.88 Å². The van der Waals surface area contributed by atoms with Crippen LogP contribution in [0.1, 0.15) is 110 Å². The van der Waals surface area contributed by atoms with Crippen LogP contribution in [0.3, 0.4) is 0 Å². The highest BCUT2D eigenvalue weighted by molar-refractivity contribution is 7.09. The van der Waals surface area contributed by atoms with E-state index < -0.39 is 0 Å². The monoisotopic (exact) mass is 438 g/mol. The number of aromatic nitrogens is 1. The quantitative estimate of drug-likeness (QED) is 0.260. The molecule has 30 heavy (non-hydrogen) atoms. The largest absolute Gasteiger partial charge is 0.374 e. The Morgan fingerprint density at radius 1 is 1.13 bits per heavy atom. The Kier molecular flexibility index (Phi) is 13.5. The number of unbranched alkanes of at least 4 members (excludes halogenated alkanes) is 4. The summed E-state index contributed by atoms with van der Waals surface area (Å²) < 4.78 is 5.87. The lowest BCUT2D eigenvalue weighted by Gasteiger charge is -2.37. The first-order valence-electron chi connectivity index (χ1n) is 12.1. The summed E-state index contributed by atoms with van der Waals surface area (Å²) in [7, 11) is 1.77. The average molecular weight is 439 g/mol. The van der Waals surface area contributed by atoms with Crippen molar-refractivity contribution in [2.75, 3.05) is 13.7 Å². The van der Waals surface area contributed by atoms with Crippen molar-refractivity contribution in [3.05, 3.63) is 16.1 Å². The normalized spacial score (nSPS) is 14.7. The maximum atomic E-state index is 13.3. The number of methoxy groups -OCH3 is 1. The lowest BCUT2D eigenvalue weighted by atomic mass is 9.94. The molecule has 0 radical (unpaired) electrons. The van der Waals surface area contributed by atoms with Crippen molar-refractivity contribution >= 4 is 17.2 Å². The first kappa shape index (κ1) is 27.1. The average Bonchev–Trinajstić information content (AvgIpc) is 3.21. The number of carbonyl (C=O) groups excluding carboxylic acids is 1. The van der Waals surface area contributed by atoms with Gasteiger partial charge in [0.15, 0.2) is 0 Å². The van der Waals surface area contributed by atoms with Crippen molar-refractivity contribution in [2.24, 2.45) is 11.8 Å². The van der Waals surface area contributed by atoms with E-state index in [-0.39, 0.29) is 12.1 Å². The fourth-order valence-corrected chi connectivity index (χ4v) is 4.82. The van der Waals surface area contributed by atoms with Gasteiger partial charge in [-0.2, -0.15) is 0 Å². The van der Waals surface area contributed by atoms with E-state index in [0.717, 1.165) is 42.9 Å². The van der Waals surface area contributed by atoms with Gasteiger partial charge in [0.05, 0.1) is 5.69 Å². The fraction of sp³-hybridized carbons (Fsp3) is 0.840. The van der Waals surface area contributed by atoms with Gasteiger partial charge in [-0.1, -0.05) is 73.6 Å². The predicted octanol–water partition coefficient (Wildman–Crippen LogP) is 7.04. The van der Waals surface area contributed by atoms with Crippen LogP contribution in [0.4, 0.5) is 0 Å². The number of aryl methyl sites for hydroxylation is 1. The predicted molar refractivity (Wildman–Crippen MR) is 129 cm³/mol. The standard InChI is InChI=1S/C25H46N2O2S/c1-8-11-12-13-14-15-27(24(28)16-20(6)9-2)22(19(4)5)17-23(29-7)25-26-21(10-3)18-30-25/h18-20,22-23H,8-17H2,1-7H3/t20-,22?,23?/m0/s1. The molecule has 0 fully saturated rings. The number of thiazole rings is 1. The summed E-state index contributed by atoms with van der Waals surface area (Å²) in [4.78, 5) is 20.3. The van der Waals surface area contributed by atoms with E-state index in [0.29, 0.717) is 24.2 Å². The van der Waals surface area contributed by atoms with Crippen LogP contribution in [0.25, 0.3) is 0 Å². The smallest absolute Gasteiger partial charge is 0.223 e. The SMILES string of the molecule is CCCCCCCN(C(=O)C[C@@H](C)CC)C(CC(OC)c1nc(CC)cs1)C(C)C. The molecule has 1 aromatic rings. The van der Waals surface area contributed by atoms with Gasteiger partial charge in [-0.15, -0.1) is 11.3 Å². The summed E-state index contributed by atoms with van der Waals surface area (Å²) in [5.41, 5.74) is 1.12. The van der Waals surface area contributed by atoms with E-state index >= 15 is 0 Å². The molecule has 0 N–H and O–H groups in total. The van der Waals surface area contributed by atoms with Crippen molar-refractivity contribution in [2.45, 2.75) is 111 Å². The molecule has 0 spiro atoms. The van der Waals surface area contributed by atoms with Gasteiger partial charge in [0.2, 0.25) is 5.91 Å². The number of rotatable bonds is 16. The molecule has 0 aliphatic carbocycles. The third-order valence-corrected chi connectivity index (χ3v) is 7.15. The second kappa shape index (κ2) is 15.0. The van der Waals surface area contributed by atoms with Crippen molar-refractivity contribution in [1.29, 1.82) is 0 Å². The molecule has 1 aromatic heterocycles. The molecule has 0 aliphatic heterocycles. The van der Waals surface area contributed by atoms with Crippen LogP contribution in [0.2, 0.25) is 0 Å². The summed E-state index contributed by atoms with van der Waals surface area (Å²) >= 11 is 1.68. The number of nitrogens with zero attached hydrogens (tertiary/aromatic N) is 2. The highest BCUT2D eigenvalue weighted by Gasteiger charge is 2.30. The molecule has 0 aromatic carbocycles. The second-order valence-corrected chi connectivity index (χ2v) is 9.91. The van der Waals surface area contributed by atoms with E-state index in [1.54, 1.807) is 18.4 Å². The van der Waals surface area contributed by atoms with Crippen LogP contribution >= 0.6 is 11.3 Å². The molecule has 1 rings (SSSR count). The Morgan fingerprint density at radius 2 is 1.83 bits per heavy atom. The van der Waals surface area contributed by atoms with Gasteiger partial charge in [0.25, 0.3) is 0 Å². The van der Waals surface area contributed by atoms with Crippen LogP contribution in [0.15, 0.2) is 5.38 Å². The first-order chi connectivity index (χ1) is 14.4. The van der Waals surface area contributed by atoms with Crippen molar-refractivity contribution < 1.29 is 9.53 Å². The Bertz CT molecular complexity index is 587. The molecule has 0 bridgehead atoms. The molecule has 174 valence electrons. The van der Waals surface area contributed by atoms with Crippen LogP contribution in [-0.2, 0) is 16.0 Å². The summed E-state index contributed by atoms with van der Waals surface area (Å²) in [5.74, 6) is 1.11. The molecule has 3 atom stereocenters. The van der Waals surface area contributed by atoms with Gasteiger partial charge in [-0.25, -0.2) is 4.98 Å². The van der Waals surface area contributed by atoms with E-state index in [1.807, 2.05) is 0 Å². The minimum atomic E-state index is -0.0540. The lowest BCUT2D eigenvalue weighted by Crippen LogP contribution is -2.45. The van der Waals surface area contributed by atoms with Crippen LogP contribution in [0, 0.1) is 11.8 Å².